The van der Waals surface area contributed by atoms with Crippen LogP contribution < -0.4 is 14.8 Å². The van der Waals surface area contributed by atoms with E-state index in [0.29, 0.717) is 30.0 Å². The monoisotopic (exact) mass is 708 g/mol. The van der Waals surface area contributed by atoms with Crippen LogP contribution in [0.2, 0.25) is 0 Å². The molecule has 0 radical (unpaired) electrons. The standard InChI is InChI=1S/C35H40N2O8.C7H8/c1-22(34(39)36-19-32(38)44-20-23-15-16-24(41-2)18-31(23)42-3)33(43-4)30-14-9-17-37(30)35(40)45-21-29-27-12-7-5-10-25(27)26-11-6-8-13-28(26)29;1-7-5-3-2-4-6-7/h5-8,10-13,15-16,18,22,29-30,33H,9,14,17,19-21H2,1-4H3,(H,36,39);2-6H,1H3. The average Bonchev–Trinajstić information content (AvgIpc) is 3.79. The van der Waals surface area contributed by atoms with Crippen molar-refractivity contribution < 1.29 is 38.1 Å². The fourth-order valence-electron chi connectivity index (χ4n) is 6.92. The summed E-state index contributed by atoms with van der Waals surface area (Å²) in [5, 5.41) is 2.65. The van der Waals surface area contributed by atoms with E-state index in [4.69, 9.17) is 23.7 Å². The van der Waals surface area contributed by atoms with Crippen LogP contribution in [0.4, 0.5) is 4.79 Å². The number of likely N-dealkylation sites (tertiary alicyclic amines) is 1. The smallest absolute Gasteiger partial charge is 0.410 e. The lowest BCUT2D eigenvalue weighted by Gasteiger charge is -2.33. The van der Waals surface area contributed by atoms with Gasteiger partial charge in [-0.15, -0.1) is 0 Å². The predicted molar refractivity (Wildman–Crippen MR) is 198 cm³/mol. The molecule has 1 fully saturated rings. The molecule has 1 aliphatic heterocycles. The van der Waals surface area contributed by atoms with Crippen molar-refractivity contribution in [2.75, 3.05) is 41.0 Å². The Balaban J connectivity index is 0.000000668. The van der Waals surface area contributed by atoms with E-state index in [-0.39, 0.29) is 37.6 Å². The van der Waals surface area contributed by atoms with Crippen molar-refractivity contribution in [3.05, 3.63) is 119 Å². The van der Waals surface area contributed by atoms with Gasteiger partial charge in [-0.3, -0.25) is 9.59 Å². The summed E-state index contributed by atoms with van der Waals surface area (Å²) in [6.45, 7) is 4.21. The Morgan fingerprint density at radius 2 is 1.48 bits per heavy atom. The molecule has 1 aliphatic carbocycles. The number of rotatable bonds is 12. The van der Waals surface area contributed by atoms with E-state index >= 15 is 0 Å². The predicted octanol–water partition coefficient (Wildman–Crippen LogP) is 6.92. The van der Waals surface area contributed by atoms with Crippen molar-refractivity contribution in [1.82, 2.24) is 10.2 Å². The highest BCUT2D eigenvalue weighted by molar-refractivity contribution is 5.84. The molecule has 1 saturated heterocycles. The van der Waals surface area contributed by atoms with Gasteiger partial charge < -0.3 is 33.9 Å². The summed E-state index contributed by atoms with van der Waals surface area (Å²) in [4.78, 5) is 40.6. The van der Waals surface area contributed by atoms with Crippen molar-refractivity contribution in [1.29, 1.82) is 0 Å². The van der Waals surface area contributed by atoms with E-state index in [1.165, 1.54) is 19.8 Å². The molecule has 1 heterocycles. The van der Waals surface area contributed by atoms with Crippen molar-refractivity contribution in [2.45, 2.75) is 51.4 Å². The fourth-order valence-corrected chi connectivity index (χ4v) is 6.92. The van der Waals surface area contributed by atoms with E-state index in [9.17, 15) is 14.4 Å². The first-order valence-electron chi connectivity index (χ1n) is 17.6. The van der Waals surface area contributed by atoms with Gasteiger partial charge in [0, 0.05) is 31.2 Å². The molecular formula is C42H48N2O8. The Bertz CT molecular complexity index is 1770. The number of esters is 1. The van der Waals surface area contributed by atoms with E-state index in [1.54, 1.807) is 37.1 Å². The molecule has 10 nitrogen and oxygen atoms in total. The second kappa shape index (κ2) is 18.2. The van der Waals surface area contributed by atoms with Crippen LogP contribution in [0.5, 0.6) is 11.5 Å². The van der Waals surface area contributed by atoms with Gasteiger partial charge in [0.1, 0.15) is 31.3 Å². The van der Waals surface area contributed by atoms with Crippen molar-refractivity contribution in [3.8, 4) is 22.6 Å². The second-order valence-electron chi connectivity index (χ2n) is 12.9. The number of hydrogen-bond donors (Lipinski definition) is 1. The van der Waals surface area contributed by atoms with Crippen LogP contribution in [-0.4, -0.2) is 76.0 Å². The third-order valence-electron chi connectivity index (χ3n) is 9.66. The Labute approximate surface area is 306 Å². The van der Waals surface area contributed by atoms with Gasteiger partial charge in [0.2, 0.25) is 5.91 Å². The third-order valence-corrected chi connectivity index (χ3v) is 9.66. The van der Waals surface area contributed by atoms with Crippen molar-refractivity contribution in [2.24, 2.45) is 5.92 Å². The summed E-state index contributed by atoms with van der Waals surface area (Å²) in [5.41, 5.74) is 6.61. The zero-order valence-electron chi connectivity index (χ0n) is 30.5. The minimum absolute atomic E-state index is 0.0186. The molecule has 4 aromatic carbocycles. The van der Waals surface area contributed by atoms with Gasteiger partial charge >= 0.3 is 12.1 Å². The summed E-state index contributed by atoms with van der Waals surface area (Å²) in [7, 11) is 4.60. The largest absolute Gasteiger partial charge is 0.497 e. The van der Waals surface area contributed by atoms with E-state index < -0.39 is 24.1 Å². The average molecular weight is 709 g/mol. The zero-order chi connectivity index (χ0) is 37.0. The number of hydrogen-bond acceptors (Lipinski definition) is 8. The molecular weight excluding hydrogens is 660 g/mol. The summed E-state index contributed by atoms with van der Waals surface area (Å²) < 4.78 is 27.6. The number of amides is 2. The molecule has 3 atom stereocenters. The Morgan fingerprint density at radius 1 is 0.827 bits per heavy atom. The molecule has 6 rings (SSSR count). The van der Waals surface area contributed by atoms with Gasteiger partial charge in [-0.2, -0.15) is 0 Å². The minimum atomic E-state index is -0.642. The van der Waals surface area contributed by atoms with Gasteiger partial charge in [-0.25, -0.2) is 4.79 Å². The highest BCUT2D eigenvalue weighted by Gasteiger charge is 2.41. The van der Waals surface area contributed by atoms with E-state index in [1.807, 2.05) is 42.5 Å². The van der Waals surface area contributed by atoms with Crippen LogP contribution in [0, 0.1) is 12.8 Å². The van der Waals surface area contributed by atoms with E-state index in [0.717, 1.165) is 28.7 Å². The quantitative estimate of drug-likeness (QED) is 0.158. The van der Waals surface area contributed by atoms with Crippen molar-refractivity contribution in [3.63, 3.8) is 0 Å². The number of benzene rings is 4. The normalized spacial score (nSPS) is 15.6. The number of carbonyl (C=O) groups excluding carboxylic acids is 3. The molecule has 0 bridgehead atoms. The third kappa shape index (κ3) is 9.11. The summed E-state index contributed by atoms with van der Waals surface area (Å²) in [6, 6.07) is 31.5. The lowest BCUT2D eigenvalue weighted by atomic mass is 9.95. The van der Waals surface area contributed by atoms with E-state index in [2.05, 4.69) is 48.6 Å². The first-order chi connectivity index (χ1) is 25.2. The maximum atomic E-state index is 13.4. The Morgan fingerprint density at radius 3 is 2.08 bits per heavy atom. The first-order valence-corrected chi connectivity index (χ1v) is 17.6. The van der Waals surface area contributed by atoms with Crippen LogP contribution in [0.25, 0.3) is 11.1 Å². The van der Waals surface area contributed by atoms with Crippen LogP contribution in [0.1, 0.15) is 47.9 Å². The molecule has 0 spiro atoms. The SMILES string of the molecule is COc1ccc(COC(=O)CNC(=O)C(C)C(OC)C2CCCN2C(=O)OCC2c3ccccc3-c3ccccc32)c(OC)c1.Cc1ccccc1. The van der Waals surface area contributed by atoms with Crippen LogP contribution in [0.15, 0.2) is 97.1 Å². The summed E-state index contributed by atoms with van der Waals surface area (Å²) in [5.74, 6) is -0.508. The maximum Gasteiger partial charge on any atom is 0.410 e. The number of carbonyl (C=O) groups is 3. The fraction of sp³-hybridized carbons (Fsp3) is 0.357. The van der Waals surface area contributed by atoms with Gasteiger partial charge in [-0.1, -0.05) is 91.3 Å². The minimum Gasteiger partial charge on any atom is -0.497 e. The lowest BCUT2D eigenvalue weighted by molar-refractivity contribution is -0.146. The summed E-state index contributed by atoms with van der Waals surface area (Å²) >= 11 is 0. The number of aryl methyl sites for hydroxylation is 1. The van der Waals surface area contributed by atoms with Gasteiger partial charge in [0.15, 0.2) is 0 Å². The topological polar surface area (TPSA) is 113 Å². The highest BCUT2D eigenvalue weighted by atomic mass is 16.6. The van der Waals surface area contributed by atoms with Crippen molar-refractivity contribution >= 4 is 18.0 Å². The van der Waals surface area contributed by atoms with Crippen LogP contribution in [-0.2, 0) is 30.4 Å². The number of nitrogens with one attached hydrogen (secondary N) is 1. The molecule has 2 amide bonds. The molecule has 0 aromatic heterocycles. The zero-order valence-corrected chi connectivity index (χ0v) is 30.5. The lowest BCUT2D eigenvalue weighted by Crippen LogP contribution is -2.50. The van der Waals surface area contributed by atoms with Gasteiger partial charge in [0.25, 0.3) is 0 Å². The first kappa shape index (κ1) is 37.9. The number of methoxy groups -OCH3 is 3. The van der Waals surface area contributed by atoms with Gasteiger partial charge in [0.05, 0.1) is 32.3 Å². The maximum absolute atomic E-state index is 13.4. The number of fused-ring (bicyclic) bond motifs is 3. The Kier molecular flexibility index (Phi) is 13.3. The molecule has 3 unspecified atom stereocenters. The Hall–Kier alpha value is -5.35. The molecule has 4 aromatic rings. The molecule has 52 heavy (non-hydrogen) atoms. The molecule has 2 aliphatic rings. The summed E-state index contributed by atoms with van der Waals surface area (Å²) in [6.07, 6.45) is 0.426. The second-order valence-corrected chi connectivity index (χ2v) is 12.9. The van der Waals surface area contributed by atoms with Gasteiger partial charge in [-0.05, 0) is 54.2 Å². The molecule has 274 valence electrons. The van der Waals surface area contributed by atoms with Crippen LogP contribution >= 0.6 is 0 Å². The number of ether oxygens (including phenoxy) is 5. The number of nitrogens with zero attached hydrogens (tertiary/aromatic N) is 1. The van der Waals surface area contributed by atoms with Crippen LogP contribution in [0.3, 0.4) is 0 Å². The molecule has 10 heteroatoms. The molecule has 1 N–H and O–H groups in total. The highest BCUT2D eigenvalue weighted by Crippen LogP contribution is 2.44. The molecule has 0 saturated carbocycles.